The van der Waals surface area contributed by atoms with Gasteiger partial charge in [-0.25, -0.2) is 0 Å². The van der Waals surface area contributed by atoms with E-state index in [1.165, 1.54) is 12.5 Å². The van der Waals surface area contributed by atoms with Crippen LogP contribution in [0.15, 0.2) is 17.1 Å². The van der Waals surface area contributed by atoms with Gasteiger partial charge < -0.3 is 15.2 Å². The van der Waals surface area contributed by atoms with Crippen LogP contribution >= 0.6 is 0 Å². The fraction of sp³-hybridized carbons (Fsp3) is 0.600. The molecule has 0 radical (unpaired) electrons. The van der Waals surface area contributed by atoms with E-state index in [2.05, 4.69) is 10.3 Å². The second kappa shape index (κ2) is 5.40. The van der Waals surface area contributed by atoms with Gasteiger partial charge in [-0.3, -0.25) is 9.59 Å². The van der Waals surface area contributed by atoms with Crippen molar-refractivity contribution in [3.63, 3.8) is 0 Å². The number of aromatic amines is 1. The first-order valence-corrected chi connectivity index (χ1v) is 7.40. The van der Waals surface area contributed by atoms with Gasteiger partial charge in [-0.1, -0.05) is 0 Å². The van der Waals surface area contributed by atoms with Crippen molar-refractivity contribution in [3.8, 4) is 0 Å². The maximum Gasteiger partial charge on any atom is 0.259 e. The van der Waals surface area contributed by atoms with Crippen LogP contribution in [0.25, 0.3) is 0 Å². The van der Waals surface area contributed by atoms with Gasteiger partial charge in [-0.05, 0) is 39.2 Å². The molecule has 2 N–H and O–H groups in total. The molecule has 5 nitrogen and oxygen atoms in total. The van der Waals surface area contributed by atoms with Crippen molar-refractivity contribution in [3.05, 3.63) is 33.7 Å². The quantitative estimate of drug-likeness (QED) is 0.847. The van der Waals surface area contributed by atoms with Crippen LogP contribution < -0.4 is 10.7 Å². The zero-order valence-electron chi connectivity index (χ0n) is 11.8. The Morgan fingerprint density at radius 1 is 1.35 bits per heavy atom. The fourth-order valence-electron chi connectivity index (χ4n) is 3.40. The van der Waals surface area contributed by atoms with Crippen LogP contribution in [0.3, 0.4) is 0 Å². The van der Waals surface area contributed by atoms with Crippen molar-refractivity contribution in [1.29, 1.82) is 0 Å². The third-order valence-electron chi connectivity index (χ3n) is 4.41. The Balaban J connectivity index is 1.83. The first-order chi connectivity index (χ1) is 9.66. The molecule has 5 heteroatoms. The van der Waals surface area contributed by atoms with Gasteiger partial charge in [0.05, 0.1) is 0 Å². The number of carbonyl (C=O) groups excluding carboxylic acids is 1. The Morgan fingerprint density at radius 3 is 2.90 bits per heavy atom. The van der Waals surface area contributed by atoms with E-state index in [0.717, 1.165) is 38.0 Å². The molecule has 2 aliphatic heterocycles. The Labute approximate surface area is 118 Å². The lowest BCUT2D eigenvalue weighted by Crippen LogP contribution is -2.47. The first kappa shape index (κ1) is 13.4. The summed E-state index contributed by atoms with van der Waals surface area (Å²) in [5, 5.41) is 3.48. The van der Waals surface area contributed by atoms with Crippen molar-refractivity contribution in [2.45, 2.75) is 44.7 Å². The van der Waals surface area contributed by atoms with E-state index in [9.17, 15) is 9.59 Å². The van der Waals surface area contributed by atoms with Crippen LogP contribution in [0.5, 0.6) is 0 Å². The molecule has 3 heterocycles. The number of aromatic nitrogens is 1. The normalized spacial score (nSPS) is 26.1. The van der Waals surface area contributed by atoms with Gasteiger partial charge in [-0.2, -0.15) is 0 Å². The summed E-state index contributed by atoms with van der Waals surface area (Å²) in [6.07, 6.45) is 5.91. The minimum atomic E-state index is -0.184. The van der Waals surface area contributed by atoms with Crippen LogP contribution in [0.4, 0.5) is 0 Å². The number of aryl methyl sites for hydroxylation is 1. The molecule has 2 atom stereocenters. The molecule has 0 spiro atoms. The summed E-state index contributed by atoms with van der Waals surface area (Å²) in [4.78, 5) is 29.5. The molecule has 1 aromatic rings. The SMILES string of the molecule is Cc1cc(=O)c(C(=O)N2CCCC2C2CCCN2)c[nH]1. The number of hydrogen-bond donors (Lipinski definition) is 2. The third kappa shape index (κ3) is 2.38. The number of nitrogens with zero attached hydrogens (tertiary/aromatic N) is 1. The molecular formula is C15H21N3O2. The summed E-state index contributed by atoms with van der Waals surface area (Å²) in [5.74, 6) is -0.123. The Morgan fingerprint density at radius 2 is 2.20 bits per heavy atom. The monoisotopic (exact) mass is 275 g/mol. The van der Waals surface area contributed by atoms with Crippen LogP contribution in [-0.4, -0.2) is 41.0 Å². The van der Waals surface area contributed by atoms with Gasteiger partial charge in [0, 0.05) is 36.6 Å². The molecule has 2 aliphatic rings. The number of pyridine rings is 1. The lowest BCUT2D eigenvalue weighted by atomic mass is 10.0. The average Bonchev–Trinajstić information content (AvgIpc) is 3.09. The van der Waals surface area contributed by atoms with Gasteiger partial charge in [0.15, 0.2) is 5.43 Å². The van der Waals surface area contributed by atoms with E-state index in [1.807, 2.05) is 11.8 Å². The van der Waals surface area contributed by atoms with E-state index >= 15 is 0 Å². The highest BCUT2D eigenvalue weighted by Crippen LogP contribution is 2.25. The maximum absolute atomic E-state index is 12.6. The zero-order chi connectivity index (χ0) is 14.1. The molecule has 2 fully saturated rings. The van der Waals surface area contributed by atoms with Gasteiger partial charge in [0.25, 0.3) is 5.91 Å². The molecule has 1 aromatic heterocycles. The number of H-pyrrole nitrogens is 1. The number of likely N-dealkylation sites (tertiary alicyclic amines) is 1. The molecule has 2 saturated heterocycles. The molecule has 108 valence electrons. The van der Waals surface area contributed by atoms with E-state index in [0.29, 0.717) is 6.04 Å². The molecule has 1 amide bonds. The maximum atomic E-state index is 12.6. The summed E-state index contributed by atoms with van der Waals surface area (Å²) in [5.41, 5.74) is 0.860. The number of rotatable bonds is 2. The Hall–Kier alpha value is -1.62. The topological polar surface area (TPSA) is 65.2 Å². The lowest BCUT2D eigenvalue weighted by Gasteiger charge is -2.29. The largest absolute Gasteiger partial charge is 0.364 e. The second-order valence-corrected chi connectivity index (χ2v) is 5.80. The standard InChI is InChI=1S/C15H21N3O2/c1-10-8-14(19)11(9-17-10)15(20)18-7-3-5-13(18)12-4-2-6-16-12/h8-9,12-13,16H,2-7H2,1H3,(H,17,19). The molecular weight excluding hydrogens is 254 g/mol. The second-order valence-electron chi connectivity index (χ2n) is 5.80. The summed E-state index contributed by atoms with van der Waals surface area (Å²) in [6.45, 7) is 3.61. The molecule has 2 unspecified atom stereocenters. The summed E-state index contributed by atoms with van der Waals surface area (Å²) >= 11 is 0. The molecule has 20 heavy (non-hydrogen) atoms. The first-order valence-electron chi connectivity index (χ1n) is 7.40. The molecule has 0 aliphatic carbocycles. The Bertz CT molecular complexity index is 560. The van der Waals surface area contributed by atoms with Crippen molar-refractivity contribution in [2.75, 3.05) is 13.1 Å². The van der Waals surface area contributed by atoms with Gasteiger partial charge in [-0.15, -0.1) is 0 Å². The highest BCUT2D eigenvalue weighted by molar-refractivity contribution is 5.94. The molecule has 0 saturated carbocycles. The smallest absolute Gasteiger partial charge is 0.259 e. The van der Waals surface area contributed by atoms with Gasteiger partial charge in [0.2, 0.25) is 0 Å². The summed E-state index contributed by atoms with van der Waals surface area (Å²) in [6, 6.07) is 2.13. The molecule has 3 rings (SSSR count). The van der Waals surface area contributed by atoms with Crippen molar-refractivity contribution in [2.24, 2.45) is 0 Å². The predicted molar refractivity (Wildman–Crippen MR) is 76.9 cm³/mol. The lowest BCUT2D eigenvalue weighted by molar-refractivity contribution is 0.0709. The van der Waals surface area contributed by atoms with E-state index in [4.69, 9.17) is 0 Å². The van der Waals surface area contributed by atoms with Crippen molar-refractivity contribution >= 4 is 5.91 Å². The number of amides is 1. The van der Waals surface area contributed by atoms with Crippen molar-refractivity contribution in [1.82, 2.24) is 15.2 Å². The molecule has 0 bridgehead atoms. The minimum Gasteiger partial charge on any atom is -0.364 e. The average molecular weight is 275 g/mol. The van der Waals surface area contributed by atoms with Gasteiger partial charge >= 0.3 is 0 Å². The number of nitrogens with one attached hydrogen (secondary N) is 2. The van der Waals surface area contributed by atoms with Crippen molar-refractivity contribution < 1.29 is 4.79 Å². The predicted octanol–water partition coefficient (Wildman–Crippen LogP) is 1.04. The summed E-state index contributed by atoms with van der Waals surface area (Å²) < 4.78 is 0. The zero-order valence-corrected chi connectivity index (χ0v) is 11.8. The number of carbonyl (C=O) groups is 1. The van der Waals surface area contributed by atoms with Crippen LogP contribution in [0, 0.1) is 6.92 Å². The van der Waals surface area contributed by atoms with Crippen LogP contribution in [-0.2, 0) is 0 Å². The minimum absolute atomic E-state index is 0.123. The fourth-order valence-corrected chi connectivity index (χ4v) is 3.40. The third-order valence-corrected chi connectivity index (χ3v) is 4.41. The van der Waals surface area contributed by atoms with E-state index in [1.54, 1.807) is 6.20 Å². The van der Waals surface area contributed by atoms with Gasteiger partial charge in [0.1, 0.15) is 5.56 Å². The van der Waals surface area contributed by atoms with E-state index in [-0.39, 0.29) is 22.9 Å². The van der Waals surface area contributed by atoms with E-state index < -0.39 is 0 Å². The van der Waals surface area contributed by atoms with Crippen LogP contribution in [0.2, 0.25) is 0 Å². The highest BCUT2D eigenvalue weighted by atomic mass is 16.2. The van der Waals surface area contributed by atoms with Crippen LogP contribution in [0.1, 0.15) is 41.7 Å². The number of hydrogen-bond acceptors (Lipinski definition) is 3. The highest BCUT2D eigenvalue weighted by Gasteiger charge is 2.36. The Kier molecular flexibility index (Phi) is 3.61. The summed E-state index contributed by atoms with van der Waals surface area (Å²) in [7, 11) is 0. The molecule has 0 aromatic carbocycles.